The predicted molar refractivity (Wildman–Crippen MR) is 141 cm³/mol. The van der Waals surface area contributed by atoms with Gasteiger partial charge in [0, 0.05) is 57.7 Å². The zero-order chi connectivity index (χ0) is 26.9. The van der Waals surface area contributed by atoms with Crippen LogP contribution in [0.1, 0.15) is 24.2 Å². The molecule has 0 fully saturated rings. The molecule has 2 aromatic carbocycles. The Morgan fingerprint density at radius 1 is 1.03 bits per heavy atom. The molecule has 0 radical (unpaired) electrons. The molecule has 3 atom stereocenters. The molecule has 4 amide bonds. The summed E-state index contributed by atoms with van der Waals surface area (Å²) in [5.41, 5.74) is 1.45. The smallest absolute Gasteiger partial charge is 0.323 e. The van der Waals surface area contributed by atoms with Crippen LogP contribution in [0.15, 0.2) is 48.5 Å². The van der Waals surface area contributed by atoms with Crippen molar-refractivity contribution in [2.75, 3.05) is 58.2 Å². The van der Waals surface area contributed by atoms with E-state index in [0.717, 1.165) is 0 Å². The third-order valence-corrected chi connectivity index (χ3v) is 6.32. The Bertz CT molecular complexity index is 1080. The minimum absolute atomic E-state index is 0.0443. The molecule has 200 valence electrons. The zero-order valence-corrected chi connectivity index (χ0v) is 22.0. The van der Waals surface area contributed by atoms with Gasteiger partial charge in [-0.15, -0.1) is 0 Å². The number of para-hydroxylation sites is 1. The van der Waals surface area contributed by atoms with E-state index < -0.39 is 6.03 Å². The van der Waals surface area contributed by atoms with Crippen LogP contribution in [0.25, 0.3) is 0 Å². The van der Waals surface area contributed by atoms with Gasteiger partial charge in [0.1, 0.15) is 19.0 Å². The van der Waals surface area contributed by atoms with E-state index >= 15 is 0 Å². The highest BCUT2D eigenvalue weighted by molar-refractivity contribution is 6.01. The van der Waals surface area contributed by atoms with Crippen molar-refractivity contribution < 1.29 is 28.6 Å². The fourth-order valence-electron chi connectivity index (χ4n) is 4.22. The molecule has 37 heavy (non-hydrogen) atoms. The topological polar surface area (TPSA) is 109 Å². The van der Waals surface area contributed by atoms with E-state index in [1.807, 2.05) is 32.0 Å². The highest BCUT2D eigenvalue weighted by Gasteiger charge is 2.30. The Kier molecular flexibility index (Phi) is 9.87. The van der Waals surface area contributed by atoms with Crippen LogP contribution in [0, 0.1) is 5.92 Å². The molecule has 0 unspecified atom stereocenters. The van der Waals surface area contributed by atoms with Crippen molar-refractivity contribution >= 4 is 29.2 Å². The molecule has 0 bridgehead atoms. The summed E-state index contributed by atoms with van der Waals surface area (Å²) in [6.07, 6.45) is -0.287. The second-order valence-electron chi connectivity index (χ2n) is 9.23. The maximum absolute atomic E-state index is 13.3. The van der Waals surface area contributed by atoms with Crippen LogP contribution in [-0.2, 0) is 14.3 Å². The van der Waals surface area contributed by atoms with E-state index in [1.165, 1.54) is 7.11 Å². The second-order valence-corrected chi connectivity index (χ2v) is 9.23. The molecular formula is C27H36N4O6. The van der Waals surface area contributed by atoms with E-state index in [0.29, 0.717) is 35.8 Å². The molecule has 10 heteroatoms. The van der Waals surface area contributed by atoms with Crippen LogP contribution in [0.3, 0.4) is 0 Å². The van der Waals surface area contributed by atoms with Crippen molar-refractivity contribution in [1.82, 2.24) is 9.80 Å². The van der Waals surface area contributed by atoms with Crippen LogP contribution >= 0.6 is 0 Å². The summed E-state index contributed by atoms with van der Waals surface area (Å²) in [5.74, 6) is -0.125. The number of nitrogens with one attached hydrogen (secondary N) is 2. The number of methoxy groups -OCH3 is 2. The Morgan fingerprint density at radius 2 is 1.73 bits per heavy atom. The largest absolute Gasteiger partial charge is 0.491 e. The molecule has 2 aromatic rings. The first-order valence-electron chi connectivity index (χ1n) is 12.2. The number of carbonyl (C=O) groups excluding carboxylic acids is 3. The monoisotopic (exact) mass is 512 g/mol. The number of fused-ring (bicyclic) bond motifs is 1. The van der Waals surface area contributed by atoms with Crippen LogP contribution in [-0.4, -0.2) is 87.4 Å². The first-order chi connectivity index (χ1) is 17.7. The van der Waals surface area contributed by atoms with Crippen molar-refractivity contribution in [1.29, 1.82) is 0 Å². The molecule has 0 saturated heterocycles. The molecule has 10 nitrogen and oxygen atoms in total. The minimum atomic E-state index is -0.427. The fraction of sp³-hybridized carbons (Fsp3) is 0.444. The summed E-state index contributed by atoms with van der Waals surface area (Å²) in [6.45, 7) is 4.72. The number of likely N-dealkylation sites (N-methyl/N-ethyl adjacent to an activating group) is 1. The molecule has 0 saturated carbocycles. The molecule has 1 heterocycles. The number of urea groups is 1. The molecule has 3 rings (SSSR count). The zero-order valence-electron chi connectivity index (χ0n) is 22.0. The van der Waals surface area contributed by atoms with Crippen LogP contribution in [0.4, 0.5) is 16.2 Å². The Morgan fingerprint density at radius 3 is 2.41 bits per heavy atom. The van der Waals surface area contributed by atoms with E-state index in [2.05, 4.69) is 10.6 Å². The lowest BCUT2D eigenvalue weighted by Crippen LogP contribution is -2.49. The summed E-state index contributed by atoms with van der Waals surface area (Å²) in [6, 6.07) is 13.2. The van der Waals surface area contributed by atoms with Gasteiger partial charge in [0.2, 0.25) is 5.91 Å². The summed E-state index contributed by atoms with van der Waals surface area (Å²) in [4.78, 5) is 42.0. The Balaban J connectivity index is 1.89. The molecule has 0 spiro atoms. The van der Waals surface area contributed by atoms with Gasteiger partial charge in [-0.3, -0.25) is 9.59 Å². The number of amides is 4. The maximum Gasteiger partial charge on any atom is 0.323 e. The Hall–Kier alpha value is -3.63. The molecule has 1 aliphatic rings. The van der Waals surface area contributed by atoms with Crippen molar-refractivity contribution in [2.24, 2.45) is 5.92 Å². The lowest BCUT2D eigenvalue weighted by Gasteiger charge is -2.36. The number of rotatable bonds is 5. The van der Waals surface area contributed by atoms with Gasteiger partial charge in [0.05, 0.1) is 17.7 Å². The van der Waals surface area contributed by atoms with Crippen molar-refractivity contribution in [2.45, 2.75) is 26.0 Å². The average Bonchev–Trinajstić information content (AvgIpc) is 2.88. The van der Waals surface area contributed by atoms with Gasteiger partial charge in [-0.2, -0.15) is 0 Å². The van der Waals surface area contributed by atoms with Gasteiger partial charge < -0.3 is 34.6 Å². The Labute approximate surface area is 217 Å². The third-order valence-electron chi connectivity index (χ3n) is 6.32. The number of hydrogen-bond donors (Lipinski definition) is 2. The van der Waals surface area contributed by atoms with Crippen molar-refractivity contribution in [3.05, 3.63) is 54.1 Å². The minimum Gasteiger partial charge on any atom is -0.491 e. The molecule has 2 N–H and O–H groups in total. The first-order valence-corrected chi connectivity index (χ1v) is 12.2. The highest BCUT2D eigenvalue weighted by atomic mass is 16.5. The molecule has 0 aliphatic carbocycles. The predicted octanol–water partition coefficient (Wildman–Crippen LogP) is 3.31. The average molecular weight is 513 g/mol. The number of hydrogen-bond acceptors (Lipinski definition) is 6. The van der Waals surface area contributed by atoms with Crippen molar-refractivity contribution in [3.63, 3.8) is 0 Å². The number of nitrogens with zero attached hydrogens (tertiary/aromatic N) is 2. The van der Waals surface area contributed by atoms with E-state index in [9.17, 15) is 14.4 Å². The van der Waals surface area contributed by atoms with Crippen molar-refractivity contribution in [3.8, 4) is 5.75 Å². The van der Waals surface area contributed by atoms with E-state index in [-0.39, 0.29) is 43.1 Å². The van der Waals surface area contributed by atoms with Gasteiger partial charge in [-0.1, -0.05) is 25.1 Å². The van der Waals surface area contributed by atoms with Crippen LogP contribution in [0.5, 0.6) is 5.75 Å². The normalized spacial score (nSPS) is 20.7. The standard InChI is InChI=1S/C27H36N4O6/c1-18-14-31(25(32)17-35-4)19(2)16-37-23-13-21(29-27(34)28-20-9-7-6-8-10-20)11-12-22(23)26(33)30(3)15-24(18)36-5/h6-13,18-19,24H,14-17H2,1-5H3,(H2,28,29,34)/t18-,19-,24+/m0/s1. The number of benzene rings is 2. The second kappa shape index (κ2) is 13.1. The van der Waals surface area contributed by atoms with Gasteiger partial charge in [0.25, 0.3) is 5.91 Å². The number of anilines is 2. The maximum atomic E-state index is 13.3. The van der Waals surface area contributed by atoms with Crippen LogP contribution in [0.2, 0.25) is 0 Å². The lowest BCUT2D eigenvalue weighted by atomic mass is 10.0. The first kappa shape index (κ1) is 27.9. The van der Waals surface area contributed by atoms with Gasteiger partial charge >= 0.3 is 6.03 Å². The lowest BCUT2D eigenvalue weighted by molar-refractivity contribution is -0.139. The van der Waals surface area contributed by atoms with E-state index in [1.54, 1.807) is 54.3 Å². The summed E-state index contributed by atoms with van der Waals surface area (Å²) < 4.78 is 16.9. The van der Waals surface area contributed by atoms with Gasteiger partial charge in [-0.05, 0) is 31.2 Å². The SMILES string of the molecule is COCC(=O)N1C[C@H](C)[C@H](OC)CN(C)C(=O)c2ccc(NC(=O)Nc3ccccc3)cc2OC[C@@H]1C. The van der Waals surface area contributed by atoms with E-state index in [4.69, 9.17) is 14.2 Å². The highest BCUT2D eigenvalue weighted by Crippen LogP contribution is 2.27. The summed E-state index contributed by atoms with van der Waals surface area (Å²) in [5, 5.41) is 5.53. The number of carbonyl (C=O) groups is 3. The third kappa shape index (κ3) is 7.43. The molecule has 0 aromatic heterocycles. The van der Waals surface area contributed by atoms with Gasteiger partial charge in [0.15, 0.2) is 0 Å². The van der Waals surface area contributed by atoms with Crippen LogP contribution < -0.4 is 15.4 Å². The van der Waals surface area contributed by atoms with Gasteiger partial charge in [-0.25, -0.2) is 4.79 Å². The fourth-order valence-corrected chi connectivity index (χ4v) is 4.22. The molecular weight excluding hydrogens is 476 g/mol. The molecule has 1 aliphatic heterocycles. The quantitative estimate of drug-likeness (QED) is 0.636. The number of ether oxygens (including phenoxy) is 3. The summed E-state index contributed by atoms with van der Waals surface area (Å²) in [7, 11) is 4.79. The summed E-state index contributed by atoms with van der Waals surface area (Å²) >= 11 is 0.